The van der Waals surface area contributed by atoms with Crippen molar-refractivity contribution in [3.8, 4) is 0 Å². The predicted octanol–water partition coefficient (Wildman–Crippen LogP) is 4.07. The lowest BCUT2D eigenvalue weighted by Crippen LogP contribution is -2.31. The van der Waals surface area contributed by atoms with E-state index < -0.39 is 0 Å². The van der Waals surface area contributed by atoms with Crippen molar-refractivity contribution in [3.05, 3.63) is 35.9 Å². The summed E-state index contributed by atoms with van der Waals surface area (Å²) in [5, 5.41) is 3.39. The van der Waals surface area contributed by atoms with E-state index >= 15 is 0 Å². The van der Waals surface area contributed by atoms with Gasteiger partial charge in [-0.05, 0) is 51.9 Å². The molecule has 0 unspecified atom stereocenters. The Kier molecular flexibility index (Phi) is 9.35. The molecule has 0 aromatic heterocycles. The highest BCUT2D eigenvalue weighted by molar-refractivity contribution is 5.14. The monoisotopic (exact) mass is 276 g/mol. The van der Waals surface area contributed by atoms with Crippen molar-refractivity contribution in [2.75, 3.05) is 19.6 Å². The van der Waals surface area contributed by atoms with Gasteiger partial charge in [-0.3, -0.25) is 4.90 Å². The first-order chi connectivity index (χ1) is 9.74. The molecule has 0 saturated heterocycles. The molecule has 1 aromatic rings. The van der Waals surface area contributed by atoms with Crippen LogP contribution in [0.5, 0.6) is 0 Å². The van der Waals surface area contributed by atoms with Crippen molar-refractivity contribution >= 4 is 0 Å². The van der Waals surface area contributed by atoms with Crippen LogP contribution in [0.25, 0.3) is 0 Å². The lowest BCUT2D eigenvalue weighted by Gasteiger charge is -2.26. The zero-order valence-electron chi connectivity index (χ0n) is 13.6. The molecule has 0 aliphatic carbocycles. The number of nitrogens with zero attached hydrogens (tertiary/aromatic N) is 1. The minimum atomic E-state index is 0.622. The molecule has 2 nitrogen and oxygen atoms in total. The third-order valence-electron chi connectivity index (χ3n) is 3.76. The second kappa shape index (κ2) is 10.9. The summed E-state index contributed by atoms with van der Waals surface area (Å²) >= 11 is 0. The molecule has 0 atom stereocenters. The van der Waals surface area contributed by atoms with Crippen molar-refractivity contribution in [1.29, 1.82) is 0 Å². The molecule has 114 valence electrons. The lowest BCUT2D eigenvalue weighted by molar-refractivity contribution is 0.208. The molecule has 0 bridgehead atoms. The van der Waals surface area contributed by atoms with Gasteiger partial charge in [-0.1, -0.05) is 50.1 Å². The number of hydrogen-bond acceptors (Lipinski definition) is 2. The molecule has 2 heteroatoms. The first kappa shape index (κ1) is 17.2. The highest BCUT2D eigenvalue weighted by Gasteiger charge is 2.09. The Morgan fingerprint density at radius 1 is 1.00 bits per heavy atom. The van der Waals surface area contributed by atoms with E-state index in [0.717, 1.165) is 13.1 Å². The Balaban J connectivity index is 2.19. The zero-order valence-corrected chi connectivity index (χ0v) is 13.6. The van der Waals surface area contributed by atoms with Gasteiger partial charge in [-0.15, -0.1) is 0 Å². The average Bonchev–Trinajstić information content (AvgIpc) is 2.46. The standard InChI is InChI=1S/C18H32N2/c1-4-19-14-10-5-6-11-15-20(17(2)3)16-18-12-8-7-9-13-18/h7-9,12-13,17,19H,4-6,10-11,14-16H2,1-3H3. The minimum absolute atomic E-state index is 0.622. The second-order valence-electron chi connectivity index (χ2n) is 5.82. The van der Waals surface area contributed by atoms with Crippen molar-refractivity contribution in [3.63, 3.8) is 0 Å². The normalized spacial score (nSPS) is 11.4. The Hall–Kier alpha value is -0.860. The molecule has 0 aliphatic rings. The van der Waals surface area contributed by atoms with E-state index in [1.165, 1.54) is 44.3 Å². The van der Waals surface area contributed by atoms with Gasteiger partial charge in [0, 0.05) is 12.6 Å². The SMILES string of the molecule is CCNCCCCCCN(Cc1ccccc1)C(C)C. The highest BCUT2D eigenvalue weighted by atomic mass is 15.1. The van der Waals surface area contributed by atoms with Crippen LogP contribution in [0.2, 0.25) is 0 Å². The molecule has 0 spiro atoms. The van der Waals surface area contributed by atoms with E-state index in [9.17, 15) is 0 Å². The van der Waals surface area contributed by atoms with Crippen molar-refractivity contribution in [2.24, 2.45) is 0 Å². The maximum atomic E-state index is 3.39. The minimum Gasteiger partial charge on any atom is -0.317 e. The molecule has 0 amide bonds. The molecule has 0 fully saturated rings. The maximum absolute atomic E-state index is 3.39. The van der Waals surface area contributed by atoms with Crippen LogP contribution in [0, 0.1) is 0 Å². The van der Waals surface area contributed by atoms with E-state index in [2.05, 4.69) is 61.3 Å². The number of rotatable bonds is 11. The fraction of sp³-hybridized carbons (Fsp3) is 0.667. The van der Waals surface area contributed by atoms with E-state index in [4.69, 9.17) is 0 Å². The van der Waals surface area contributed by atoms with Gasteiger partial charge in [-0.2, -0.15) is 0 Å². The molecular formula is C18H32N2. The fourth-order valence-corrected chi connectivity index (χ4v) is 2.43. The number of nitrogens with one attached hydrogen (secondary N) is 1. The third-order valence-corrected chi connectivity index (χ3v) is 3.76. The molecule has 0 saturated carbocycles. The molecule has 0 heterocycles. The summed E-state index contributed by atoms with van der Waals surface area (Å²) in [6.45, 7) is 11.3. The first-order valence-electron chi connectivity index (χ1n) is 8.22. The maximum Gasteiger partial charge on any atom is 0.0236 e. The van der Waals surface area contributed by atoms with Gasteiger partial charge in [0.1, 0.15) is 0 Å². The molecule has 20 heavy (non-hydrogen) atoms. The van der Waals surface area contributed by atoms with E-state index in [1.54, 1.807) is 0 Å². The summed E-state index contributed by atoms with van der Waals surface area (Å²) in [4.78, 5) is 2.58. The number of hydrogen-bond donors (Lipinski definition) is 1. The number of benzene rings is 1. The Labute approximate surface area is 125 Å². The molecule has 0 aliphatic heterocycles. The van der Waals surface area contributed by atoms with Crippen LogP contribution in [0.15, 0.2) is 30.3 Å². The molecule has 0 radical (unpaired) electrons. The topological polar surface area (TPSA) is 15.3 Å². The summed E-state index contributed by atoms with van der Waals surface area (Å²) in [5.74, 6) is 0. The van der Waals surface area contributed by atoms with E-state index in [-0.39, 0.29) is 0 Å². The lowest BCUT2D eigenvalue weighted by atomic mass is 10.1. The Bertz CT molecular complexity index is 321. The van der Waals surface area contributed by atoms with Gasteiger partial charge in [0.15, 0.2) is 0 Å². The van der Waals surface area contributed by atoms with Crippen LogP contribution in [-0.2, 0) is 6.54 Å². The van der Waals surface area contributed by atoms with Crippen LogP contribution < -0.4 is 5.32 Å². The Morgan fingerprint density at radius 2 is 1.70 bits per heavy atom. The largest absolute Gasteiger partial charge is 0.317 e. The summed E-state index contributed by atoms with van der Waals surface area (Å²) in [6, 6.07) is 11.4. The van der Waals surface area contributed by atoms with Crippen LogP contribution in [-0.4, -0.2) is 30.6 Å². The van der Waals surface area contributed by atoms with Gasteiger partial charge in [0.25, 0.3) is 0 Å². The van der Waals surface area contributed by atoms with Gasteiger partial charge in [0.2, 0.25) is 0 Å². The zero-order chi connectivity index (χ0) is 14.6. The summed E-state index contributed by atoms with van der Waals surface area (Å²) in [5.41, 5.74) is 1.42. The van der Waals surface area contributed by atoms with Gasteiger partial charge >= 0.3 is 0 Å². The van der Waals surface area contributed by atoms with Gasteiger partial charge in [0.05, 0.1) is 0 Å². The quantitative estimate of drug-likeness (QED) is 0.613. The molecular weight excluding hydrogens is 244 g/mol. The highest BCUT2D eigenvalue weighted by Crippen LogP contribution is 2.10. The van der Waals surface area contributed by atoms with Crippen molar-refractivity contribution in [2.45, 2.75) is 59.0 Å². The second-order valence-corrected chi connectivity index (χ2v) is 5.82. The first-order valence-corrected chi connectivity index (χ1v) is 8.22. The van der Waals surface area contributed by atoms with Crippen molar-refractivity contribution < 1.29 is 0 Å². The molecule has 1 aromatic carbocycles. The number of unbranched alkanes of at least 4 members (excludes halogenated alkanes) is 3. The van der Waals surface area contributed by atoms with Gasteiger partial charge in [-0.25, -0.2) is 0 Å². The summed E-state index contributed by atoms with van der Waals surface area (Å²) in [7, 11) is 0. The summed E-state index contributed by atoms with van der Waals surface area (Å²) in [6.07, 6.45) is 5.33. The smallest absolute Gasteiger partial charge is 0.0236 e. The van der Waals surface area contributed by atoms with Crippen LogP contribution in [0.3, 0.4) is 0 Å². The molecule has 1 rings (SSSR count). The van der Waals surface area contributed by atoms with Crippen molar-refractivity contribution in [1.82, 2.24) is 10.2 Å². The van der Waals surface area contributed by atoms with E-state index in [1.807, 2.05) is 0 Å². The molecule has 1 N–H and O–H groups in total. The van der Waals surface area contributed by atoms with Crippen LogP contribution >= 0.6 is 0 Å². The third kappa shape index (κ3) is 7.66. The van der Waals surface area contributed by atoms with E-state index in [0.29, 0.717) is 6.04 Å². The van der Waals surface area contributed by atoms with Crippen LogP contribution in [0.4, 0.5) is 0 Å². The predicted molar refractivity (Wildman–Crippen MR) is 89.0 cm³/mol. The average molecular weight is 276 g/mol. The Morgan fingerprint density at radius 3 is 2.35 bits per heavy atom. The van der Waals surface area contributed by atoms with Gasteiger partial charge < -0.3 is 5.32 Å². The summed E-state index contributed by atoms with van der Waals surface area (Å²) < 4.78 is 0. The fourth-order valence-electron chi connectivity index (χ4n) is 2.43. The van der Waals surface area contributed by atoms with Crippen LogP contribution in [0.1, 0.15) is 52.0 Å².